The maximum absolute atomic E-state index is 12.4. The predicted octanol–water partition coefficient (Wildman–Crippen LogP) is 2.76. The fraction of sp³-hybridized carbons (Fsp3) is 0.667. The smallest absolute Gasteiger partial charge is 0.309 e. The van der Waals surface area contributed by atoms with Gasteiger partial charge in [0, 0.05) is 19.6 Å². The summed E-state index contributed by atoms with van der Waals surface area (Å²) in [5, 5.41) is 2.92. The molecule has 2 amide bonds. The second-order valence-corrected chi connectivity index (χ2v) is 7.87. The lowest BCUT2D eigenvalue weighted by atomic mass is 9.89. The number of rotatable bonds is 6. The van der Waals surface area contributed by atoms with Crippen LogP contribution in [0.5, 0.6) is 0 Å². The topological polar surface area (TPSA) is 88.8 Å². The predicted molar refractivity (Wildman–Crippen MR) is 102 cm³/mol. The number of carbonyl (C=O) groups is 3. The number of hydrogen-bond donors (Lipinski definition) is 1. The van der Waals surface area contributed by atoms with E-state index in [1.54, 1.807) is 24.0 Å². The van der Waals surface area contributed by atoms with Crippen LogP contribution in [0.4, 0.5) is 0 Å². The van der Waals surface area contributed by atoms with Gasteiger partial charge in [0.2, 0.25) is 0 Å². The van der Waals surface area contributed by atoms with E-state index in [2.05, 4.69) is 5.32 Å². The molecule has 154 valence electrons. The van der Waals surface area contributed by atoms with Crippen molar-refractivity contribution in [2.75, 3.05) is 19.6 Å². The van der Waals surface area contributed by atoms with Crippen molar-refractivity contribution in [3.63, 3.8) is 0 Å². The standard InChI is InChI=1S/C21H30N2O5/c1-15(19(24)22-14-16-6-3-2-4-7-16)28-21(26)17-9-11-23(12-10-17)20(25)18-8-5-13-27-18/h5,8,13,15-17H,2-4,6-7,9-12,14H2,1H3,(H,22,24)/t15-/m1/s1. The van der Waals surface area contributed by atoms with Gasteiger partial charge in [-0.2, -0.15) is 0 Å². The lowest BCUT2D eigenvalue weighted by Crippen LogP contribution is -2.43. The Hall–Kier alpha value is -2.31. The van der Waals surface area contributed by atoms with E-state index in [0.717, 1.165) is 12.8 Å². The number of furan rings is 1. The minimum atomic E-state index is -0.793. The first-order chi connectivity index (χ1) is 13.5. The summed E-state index contributed by atoms with van der Waals surface area (Å²) in [5.74, 6) is -0.183. The zero-order valence-electron chi connectivity index (χ0n) is 16.5. The first kappa shape index (κ1) is 20.4. The highest BCUT2D eigenvalue weighted by molar-refractivity contribution is 5.91. The van der Waals surface area contributed by atoms with E-state index >= 15 is 0 Å². The van der Waals surface area contributed by atoms with Crippen molar-refractivity contribution < 1.29 is 23.5 Å². The molecule has 0 aromatic carbocycles. The summed E-state index contributed by atoms with van der Waals surface area (Å²) in [7, 11) is 0. The van der Waals surface area contributed by atoms with E-state index in [1.807, 2.05) is 0 Å². The van der Waals surface area contributed by atoms with Crippen LogP contribution in [0, 0.1) is 11.8 Å². The number of esters is 1. The van der Waals surface area contributed by atoms with Gasteiger partial charge in [0.05, 0.1) is 12.2 Å². The first-order valence-electron chi connectivity index (χ1n) is 10.4. The fourth-order valence-corrected chi connectivity index (χ4v) is 3.98. The number of amides is 2. The van der Waals surface area contributed by atoms with E-state index in [4.69, 9.17) is 9.15 Å². The molecule has 7 heteroatoms. The number of likely N-dealkylation sites (tertiary alicyclic amines) is 1. The molecule has 2 aliphatic rings. The van der Waals surface area contributed by atoms with Gasteiger partial charge in [-0.25, -0.2) is 0 Å². The Morgan fingerprint density at radius 1 is 1.18 bits per heavy atom. The minimum absolute atomic E-state index is 0.160. The Morgan fingerprint density at radius 2 is 1.89 bits per heavy atom. The van der Waals surface area contributed by atoms with Crippen LogP contribution in [0.3, 0.4) is 0 Å². The number of hydrogen-bond acceptors (Lipinski definition) is 5. The summed E-state index contributed by atoms with van der Waals surface area (Å²) in [6.07, 6.45) is 7.79. The summed E-state index contributed by atoms with van der Waals surface area (Å²) in [5.41, 5.74) is 0. The van der Waals surface area contributed by atoms with Gasteiger partial charge in [-0.15, -0.1) is 0 Å². The van der Waals surface area contributed by atoms with E-state index in [-0.39, 0.29) is 23.7 Å². The lowest BCUT2D eigenvalue weighted by molar-refractivity contribution is -0.160. The Labute approximate surface area is 165 Å². The summed E-state index contributed by atoms with van der Waals surface area (Å²) < 4.78 is 10.5. The van der Waals surface area contributed by atoms with Crippen LogP contribution >= 0.6 is 0 Å². The molecule has 1 aromatic rings. The van der Waals surface area contributed by atoms with Gasteiger partial charge >= 0.3 is 5.97 Å². The number of ether oxygens (including phenoxy) is 1. The van der Waals surface area contributed by atoms with Gasteiger partial charge in [0.25, 0.3) is 11.8 Å². The minimum Gasteiger partial charge on any atom is -0.459 e. The molecule has 3 rings (SSSR count). The molecule has 1 saturated carbocycles. The van der Waals surface area contributed by atoms with Crippen LogP contribution in [0.15, 0.2) is 22.8 Å². The quantitative estimate of drug-likeness (QED) is 0.755. The zero-order valence-corrected chi connectivity index (χ0v) is 16.5. The number of piperidine rings is 1. The van der Waals surface area contributed by atoms with Gasteiger partial charge in [0.15, 0.2) is 11.9 Å². The molecule has 28 heavy (non-hydrogen) atoms. The fourth-order valence-electron chi connectivity index (χ4n) is 3.98. The summed E-state index contributed by atoms with van der Waals surface area (Å²) >= 11 is 0. The first-order valence-corrected chi connectivity index (χ1v) is 10.4. The average Bonchev–Trinajstić information content (AvgIpc) is 3.27. The molecule has 2 heterocycles. The lowest BCUT2D eigenvalue weighted by Gasteiger charge is -2.30. The maximum Gasteiger partial charge on any atom is 0.309 e. The summed E-state index contributed by atoms with van der Waals surface area (Å²) in [4.78, 5) is 38.6. The highest BCUT2D eigenvalue weighted by Gasteiger charge is 2.31. The third kappa shape index (κ3) is 5.36. The van der Waals surface area contributed by atoms with Crippen molar-refractivity contribution in [2.45, 2.75) is 58.0 Å². The molecule has 0 radical (unpaired) electrons. The molecular formula is C21H30N2O5. The molecule has 0 bridgehead atoms. The van der Waals surface area contributed by atoms with Gasteiger partial charge in [-0.3, -0.25) is 14.4 Å². The average molecular weight is 390 g/mol. The molecule has 0 unspecified atom stereocenters. The summed E-state index contributed by atoms with van der Waals surface area (Å²) in [6.45, 7) is 3.22. The monoisotopic (exact) mass is 390 g/mol. The van der Waals surface area contributed by atoms with Gasteiger partial charge < -0.3 is 19.4 Å². The molecule has 1 aromatic heterocycles. The number of nitrogens with zero attached hydrogens (tertiary/aromatic N) is 1. The van der Waals surface area contributed by atoms with Crippen molar-refractivity contribution in [3.05, 3.63) is 24.2 Å². The highest BCUT2D eigenvalue weighted by atomic mass is 16.5. The van der Waals surface area contributed by atoms with Crippen LogP contribution in [0.25, 0.3) is 0 Å². The molecule has 7 nitrogen and oxygen atoms in total. The highest BCUT2D eigenvalue weighted by Crippen LogP contribution is 2.23. The van der Waals surface area contributed by atoms with Crippen molar-refractivity contribution >= 4 is 17.8 Å². The molecule has 0 spiro atoms. The number of nitrogens with one attached hydrogen (secondary N) is 1. The normalized spacial score (nSPS) is 19.8. The van der Waals surface area contributed by atoms with Crippen LogP contribution < -0.4 is 5.32 Å². The van der Waals surface area contributed by atoms with Crippen LogP contribution in [-0.4, -0.2) is 48.4 Å². The van der Waals surface area contributed by atoms with Crippen LogP contribution in [0.2, 0.25) is 0 Å². The Morgan fingerprint density at radius 3 is 2.54 bits per heavy atom. The molecule has 1 saturated heterocycles. The Bertz CT molecular complexity index is 658. The SMILES string of the molecule is C[C@@H](OC(=O)C1CCN(C(=O)c2ccco2)CC1)C(=O)NCC1CCCCC1. The molecular weight excluding hydrogens is 360 g/mol. The van der Waals surface area contributed by atoms with Crippen LogP contribution in [-0.2, 0) is 14.3 Å². The van der Waals surface area contributed by atoms with Crippen molar-refractivity contribution in [1.82, 2.24) is 10.2 Å². The Kier molecular flexibility index (Phi) is 7.12. The molecule has 2 fully saturated rings. The zero-order chi connectivity index (χ0) is 19.9. The van der Waals surface area contributed by atoms with E-state index < -0.39 is 6.10 Å². The largest absolute Gasteiger partial charge is 0.459 e. The third-order valence-corrected chi connectivity index (χ3v) is 5.80. The molecule has 1 aliphatic heterocycles. The van der Waals surface area contributed by atoms with Crippen molar-refractivity contribution in [3.8, 4) is 0 Å². The number of carbonyl (C=O) groups excluding carboxylic acids is 3. The van der Waals surface area contributed by atoms with Gasteiger partial charge in [-0.1, -0.05) is 19.3 Å². The second kappa shape index (κ2) is 9.75. The Balaban J connectivity index is 1.38. The third-order valence-electron chi connectivity index (χ3n) is 5.80. The van der Waals surface area contributed by atoms with Gasteiger partial charge in [0.1, 0.15) is 0 Å². The second-order valence-electron chi connectivity index (χ2n) is 7.87. The molecule has 1 aliphatic carbocycles. The van der Waals surface area contributed by atoms with Crippen LogP contribution in [0.1, 0.15) is 62.4 Å². The van der Waals surface area contributed by atoms with Crippen molar-refractivity contribution in [1.29, 1.82) is 0 Å². The maximum atomic E-state index is 12.4. The van der Waals surface area contributed by atoms with Gasteiger partial charge in [-0.05, 0) is 50.7 Å². The van der Waals surface area contributed by atoms with Crippen molar-refractivity contribution in [2.24, 2.45) is 11.8 Å². The molecule has 1 N–H and O–H groups in total. The van der Waals surface area contributed by atoms with E-state index in [9.17, 15) is 14.4 Å². The summed E-state index contributed by atoms with van der Waals surface area (Å²) in [6, 6.07) is 3.31. The van der Waals surface area contributed by atoms with E-state index in [1.165, 1.54) is 25.5 Å². The molecule has 1 atom stereocenters. The van der Waals surface area contributed by atoms with E-state index in [0.29, 0.717) is 44.2 Å².